The van der Waals surface area contributed by atoms with Crippen molar-refractivity contribution in [3.05, 3.63) is 59.9 Å². The average Bonchev–Trinajstić information content (AvgIpc) is 2.69. The Hall–Kier alpha value is -1.92. The fourth-order valence-electron chi connectivity index (χ4n) is 3.17. The van der Waals surface area contributed by atoms with Gasteiger partial charge < -0.3 is 15.1 Å². The summed E-state index contributed by atoms with van der Waals surface area (Å²) in [7, 11) is -2.00. The number of hydrogen-bond donors (Lipinski definition) is 2. The molecule has 1 saturated heterocycles. The molecule has 0 saturated carbocycles. The Morgan fingerprint density at radius 1 is 1.14 bits per heavy atom. The maximum absolute atomic E-state index is 13.1. The zero-order valence-electron chi connectivity index (χ0n) is 16.1. The van der Waals surface area contributed by atoms with Gasteiger partial charge in [-0.15, -0.1) is 24.0 Å². The summed E-state index contributed by atoms with van der Waals surface area (Å²) in [6, 6.07) is 13.1. The van der Waals surface area contributed by atoms with Gasteiger partial charge in [-0.3, -0.25) is 4.99 Å². The van der Waals surface area contributed by atoms with Crippen LogP contribution in [0.2, 0.25) is 0 Å². The highest BCUT2D eigenvalue weighted by molar-refractivity contribution is 14.0. The van der Waals surface area contributed by atoms with Crippen LogP contribution in [0.5, 0.6) is 0 Å². The standard InChI is InChI=1S/C19H24FN5O2S.HI/c1-22-19(23-14-15-3-2-4-18(13-15)28(21,26)27)25-11-9-24(10-12-25)17-7-5-16(20)6-8-17;/h2-8,13H,9-12,14H2,1H3,(H,22,23)(H2,21,26,27);1H. The maximum atomic E-state index is 13.1. The number of sulfonamides is 1. The van der Waals surface area contributed by atoms with Crippen molar-refractivity contribution in [3.63, 3.8) is 0 Å². The van der Waals surface area contributed by atoms with Crippen LogP contribution in [-0.4, -0.2) is 52.5 Å². The molecule has 0 aromatic heterocycles. The van der Waals surface area contributed by atoms with Crippen LogP contribution in [0, 0.1) is 5.82 Å². The van der Waals surface area contributed by atoms with Crippen molar-refractivity contribution in [2.24, 2.45) is 10.1 Å². The van der Waals surface area contributed by atoms with Crippen molar-refractivity contribution in [2.75, 3.05) is 38.1 Å². The zero-order valence-corrected chi connectivity index (χ0v) is 19.2. The zero-order chi connectivity index (χ0) is 20.1. The van der Waals surface area contributed by atoms with Gasteiger partial charge in [-0.2, -0.15) is 0 Å². The lowest BCUT2D eigenvalue weighted by Crippen LogP contribution is -2.52. The maximum Gasteiger partial charge on any atom is 0.238 e. The number of benzene rings is 2. The number of nitrogens with zero attached hydrogens (tertiary/aromatic N) is 3. The average molecular weight is 533 g/mol. The van der Waals surface area contributed by atoms with Gasteiger partial charge in [0, 0.05) is 45.5 Å². The molecule has 3 N–H and O–H groups in total. The molecule has 7 nitrogen and oxygen atoms in total. The first-order valence-electron chi connectivity index (χ1n) is 8.94. The van der Waals surface area contributed by atoms with Gasteiger partial charge in [0.2, 0.25) is 10.0 Å². The molecular formula is C19H25FIN5O2S. The Balaban J connectivity index is 0.00000300. The summed E-state index contributed by atoms with van der Waals surface area (Å²) in [6.07, 6.45) is 0. The minimum Gasteiger partial charge on any atom is -0.368 e. The monoisotopic (exact) mass is 533 g/mol. The van der Waals surface area contributed by atoms with E-state index >= 15 is 0 Å². The molecule has 1 heterocycles. The molecule has 158 valence electrons. The fourth-order valence-corrected chi connectivity index (χ4v) is 3.76. The minimum atomic E-state index is -3.72. The molecule has 0 amide bonds. The first-order valence-corrected chi connectivity index (χ1v) is 10.5. The summed E-state index contributed by atoms with van der Waals surface area (Å²) in [5.41, 5.74) is 1.81. The highest BCUT2D eigenvalue weighted by Gasteiger charge is 2.20. The number of piperazine rings is 1. The highest BCUT2D eigenvalue weighted by Crippen LogP contribution is 2.17. The van der Waals surface area contributed by atoms with E-state index < -0.39 is 10.0 Å². The molecule has 1 aliphatic heterocycles. The van der Waals surface area contributed by atoms with Crippen molar-refractivity contribution in [3.8, 4) is 0 Å². The van der Waals surface area contributed by atoms with E-state index in [4.69, 9.17) is 5.14 Å². The number of hydrogen-bond acceptors (Lipinski definition) is 4. The number of aliphatic imine (C=N–C) groups is 1. The lowest BCUT2D eigenvalue weighted by atomic mass is 10.2. The van der Waals surface area contributed by atoms with Gasteiger partial charge in [0.15, 0.2) is 5.96 Å². The third-order valence-electron chi connectivity index (χ3n) is 4.66. The smallest absolute Gasteiger partial charge is 0.238 e. The molecule has 0 bridgehead atoms. The molecule has 29 heavy (non-hydrogen) atoms. The second kappa shape index (κ2) is 10.2. The number of halogens is 2. The first kappa shape index (κ1) is 23.4. The summed E-state index contributed by atoms with van der Waals surface area (Å²) in [4.78, 5) is 8.77. The Bertz CT molecular complexity index is 945. The number of primary sulfonamides is 1. The SMILES string of the molecule is CN=C(NCc1cccc(S(N)(=O)=O)c1)N1CCN(c2ccc(F)cc2)CC1.I. The molecular weight excluding hydrogens is 508 g/mol. The highest BCUT2D eigenvalue weighted by atomic mass is 127. The van der Waals surface area contributed by atoms with E-state index in [1.165, 1.54) is 18.2 Å². The summed E-state index contributed by atoms with van der Waals surface area (Å²) < 4.78 is 36.1. The van der Waals surface area contributed by atoms with Crippen LogP contribution in [0.25, 0.3) is 0 Å². The van der Waals surface area contributed by atoms with Gasteiger partial charge in [0.25, 0.3) is 0 Å². The lowest BCUT2D eigenvalue weighted by molar-refractivity contribution is 0.372. The molecule has 0 spiro atoms. The first-order chi connectivity index (χ1) is 13.4. The second-order valence-electron chi connectivity index (χ2n) is 6.54. The van der Waals surface area contributed by atoms with E-state index in [0.29, 0.717) is 6.54 Å². The van der Waals surface area contributed by atoms with Crippen LogP contribution in [0.1, 0.15) is 5.56 Å². The molecule has 3 rings (SSSR count). The molecule has 0 unspecified atom stereocenters. The number of nitrogens with one attached hydrogen (secondary N) is 1. The molecule has 2 aromatic carbocycles. The van der Waals surface area contributed by atoms with Crippen LogP contribution in [0.15, 0.2) is 58.4 Å². The van der Waals surface area contributed by atoms with Crippen molar-refractivity contribution < 1.29 is 12.8 Å². The van der Waals surface area contributed by atoms with Crippen LogP contribution in [0.4, 0.5) is 10.1 Å². The third-order valence-corrected chi connectivity index (χ3v) is 5.57. The van der Waals surface area contributed by atoms with Crippen LogP contribution in [0.3, 0.4) is 0 Å². The third kappa shape index (κ3) is 6.28. The van der Waals surface area contributed by atoms with Gasteiger partial charge in [0.05, 0.1) is 4.90 Å². The van der Waals surface area contributed by atoms with E-state index in [2.05, 4.69) is 20.1 Å². The number of guanidine groups is 1. The van der Waals surface area contributed by atoms with Crippen molar-refractivity contribution in [1.82, 2.24) is 10.2 Å². The number of rotatable bonds is 4. The fraction of sp³-hybridized carbons (Fsp3) is 0.316. The summed E-state index contributed by atoms with van der Waals surface area (Å²) in [5, 5.41) is 8.46. The van der Waals surface area contributed by atoms with Gasteiger partial charge in [-0.05, 0) is 42.0 Å². The number of nitrogens with two attached hydrogens (primary N) is 1. The topological polar surface area (TPSA) is 91.0 Å². The largest absolute Gasteiger partial charge is 0.368 e. The summed E-state index contributed by atoms with van der Waals surface area (Å²) in [6.45, 7) is 3.58. The van der Waals surface area contributed by atoms with Crippen LogP contribution < -0.4 is 15.4 Å². The Morgan fingerprint density at radius 3 is 2.38 bits per heavy atom. The quantitative estimate of drug-likeness (QED) is 0.357. The summed E-state index contributed by atoms with van der Waals surface area (Å²) >= 11 is 0. The molecule has 10 heteroatoms. The van der Waals surface area contributed by atoms with Crippen LogP contribution >= 0.6 is 24.0 Å². The predicted octanol–water partition coefficient (Wildman–Crippen LogP) is 1.99. The summed E-state index contributed by atoms with van der Waals surface area (Å²) in [5.74, 6) is 0.512. The van der Waals surface area contributed by atoms with Gasteiger partial charge >= 0.3 is 0 Å². The van der Waals surface area contributed by atoms with Crippen molar-refractivity contribution >= 4 is 45.6 Å². The van der Waals surface area contributed by atoms with E-state index in [1.807, 2.05) is 6.07 Å². The van der Waals surface area contributed by atoms with Gasteiger partial charge in [-0.1, -0.05) is 12.1 Å². The van der Waals surface area contributed by atoms with Gasteiger partial charge in [0.1, 0.15) is 5.82 Å². The van der Waals surface area contributed by atoms with E-state index in [-0.39, 0.29) is 34.7 Å². The van der Waals surface area contributed by atoms with Crippen molar-refractivity contribution in [1.29, 1.82) is 0 Å². The van der Waals surface area contributed by atoms with Gasteiger partial charge in [-0.25, -0.2) is 17.9 Å². The Kier molecular flexibility index (Phi) is 8.23. The van der Waals surface area contributed by atoms with Crippen LogP contribution in [-0.2, 0) is 16.6 Å². The molecule has 2 aromatic rings. The molecule has 1 fully saturated rings. The van der Waals surface area contributed by atoms with Crippen molar-refractivity contribution in [2.45, 2.75) is 11.4 Å². The molecule has 1 aliphatic rings. The minimum absolute atomic E-state index is 0. The predicted molar refractivity (Wildman–Crippen MR) is 124 cm³/mol. The lowest BCUT2D eigenvalue weighted by Gasteiger charge is -2.37. The second-order valence-corrected chi connectivity index (χ2v) is 8.11. The molecule has 0 atom stereocenters. The van der Waals surface area contributed by atoms with E-state index in [9.17, 15) is 12.8 Å². The number of anilines is 1. The molecule has 0 aliphatic carbocycles. The Labute approximate surface area is 187 Å². The normalized spacial score (nSPS) is 15.1. The molecule has 0 radical (unpaired) electrons. The van der Waals surface area contributed by atoms with E-state index in [1.54, 1.807) is 31.3 Å². The Morgan fingerprint density at radius 2 is 1.79 bits per heavy atom. The van der Waals surface area contributed by atoms with E-state index in [0.717, 1.165) is 43.4 Å².